The third-order valence-corrected chi connectivity index (χ3v) is 12.4. The van der Waals surface area contributed by atoms with E-state index in [0.717, 1.165) is 46.8 Å². The number of hydrogen-bond acceptors (Lipinski definition) is 2. The van der Waals surface area contributed by atoms with Crippen molar-refractivity contribution >= 4 is 19.9 Å². The van der Waals surface area contributed by atoms with Gasteiger partial charge >= 0.3 is 0 Å². The van der Waals surface area contributed by atoms with Gasteiger partial charge in [0.05, 0.1) is 18.2 Å². The van der Waals surface area contributed by atoms with Crippen molar-refractivity contribution in [3.63, 3.8) is 0 Å². The van der Waals surface area contributed by atoms with E-state index >= 15 is 0 Å². The Hall–Kier alpha value is -0.513. The second kappa shape index (κ2) is 11.2. The van der Waals surface area contributed by atoms with Gasteiger partial charge in [-0.3, -0.25) is 0 Å². The molecule has 0 bridgehead atoms. The Bertz CT molecular complexity index is 609. The van der Waals surface area contributed by atoms with Crippen molar-refractivity contribution in [1.29, 1.82) is 0 Å². The van der Waals surface area contributed by atoms with Crippen LogP contribution in [0, 0.1) is 11.3 Å². The van der Waals surface area contributed by atoms with Crippen LogP contribution in [0.2, 0.25) is 23.2 Å². The molecule has 0 aliphatic heterocycles. The molecule has 4 heteroatoms. The second-order valence-corrected chi connectivity index (χ2v) is 14.9. The molecular formula is C25H43ClO2Si. The van der Waals surface area contributed by atoms with Crippen LogP contribution in [0.1, 0.15) is 91.2 Å². The van der Waals surface area contributed by atoms with Crippen molar-refractivity contribution in [2.45, 2.75) is 104 Å². The van der Waals surface area contributed by atoms with Crippen molar-refractivity contribution in [2.24, 2.45) is 11.3 Å². The number of methoxy groups -OCH3 is 1. The van der Waals surface area contributed by atoms with E-state index in [1.165, 1.54) is 38.5 Å². The lowest BCUT2D eigenvalue weighted by molar-refractivity contribution is 0.155. The number of halogens is 1. The Kier molecular flexibility index (Phi) is 9.56. The molecule has 0 saturated heterocycles. The van der Waals surface area contributed by atoms with Gasteiger partial charge in [0.2, 0.25) is 0 Å². The molecule has 0 heterocycles. The third kappa shape index (κ3) is 6.74. The van der Waals surface area contributed by atoms with E-state index in [-0.39, 0.29) is 6.10 Å². The second-order valence-electron chi connectivity index (χ2n) is 9.74. The van der Waals surface area contributed by atoms with Crippen molar-refractivity contribution in [3.05, 3.63) is 28.8 Å². The molecule has 2 nitrogen and oxygen atoms in total. The minimum Gasteiger partial charge on any atom is -0.496 e. The molecule has 29 heavy (non-hydrogen) atoms. The van der Waals surface area contributed by atoms with Gasteiger partial charge in [-0.25, -0.2) is 0 Å². The van der Waals surface area contributed by atoms with Gasteiger partial charge < -0.3 is 9.16 Å². The van der Waals surface area contributed by atoms with Crippen LogP contribution in [0.25, 0.3) is 0 Å². The summed E-state index contributed by atoms with van der Waals surface area (Å²) in [6.45, 7) is 11.7. The largest absolute Gasteiger partial charge is 0.496 e. The molecule has 1 aliphatic carbocycles. The zero-order valence-electron chi connectivity index (χ0n) is 19.7. The molecule has 166 valence electrons. The number of rotatable bonds is 11. The zero-order valence-corrected chi connectivity index (χ0v) is 21.4. The van der Waals surface area contributed by atoms with Gasteiger partial charge in [0.15, 0.2) is 8.32 Å². The van der Waals surface area contributed by atoms with E-state index in [4.69, 9.17) is 20.8 Å². The van der Waals surface area contributed by atoms with Crippen LogP contribution in [-0.4, -0.2) is 15.4 Å². The van der Waals surface area contributed by atoms with Crippen LogP contribution in [0.3, 0.4) is 0 Å². The summed E-state index contributed by atoms with van der Waals surface area (Å²) in [5.41, 5.74) is 1.61. The van der Waals surface area contributed by atoms with Crippen LogP contribution in [0.4, 0.5) is 0 Å². The van der Waals surface area contributed by atoms with Gasteiger partial charge in [-0.1, -0.05) is 65.1 Å². The fourth-order valence-electron chi connectivity index (χ4n) is 4.91. The van der Waals surface area contributed by atoms with E-state index < -0.39 is 8.32 Å². The molecule has 2 rings (SSSR count). The van der Waals surface area contributed by atoms with Gasteiger partial charge in [-0.05, 0) is 73.7 Å². The van der Waals surface area contributed by atoms with Gasteiger partial charge in [-0.2, -0.15) is 0 Å². The van der Waals surface area contributed by atoms with Gasteiger partial charge in [0, 0.05) is 5.56 Å². The smallest absolute Gasteiger partial charge is 0.192 e. The van der Waals surface area contributed by atoms with Crippen LogP contribution in [-0.2, 0) is 4.43 Å². The highest BCUT2D eigenvalue weighted by Crippen LogP contribution is 2.43. The van der Waals surface area contributed by atoms with Crippen LogP contribution in [0.5, 0.6) is 5.75 Å². The van der Waals surface area contributed by atoms with E-state index in [2.05, 4.69) is 34.6 Å². The first-order valence-electron chi connectivity index (χ1n) is 11.8. The van der Waals surface area contributed by atoms with E-state index in [9.17, 15) is 0 Å². The fourth-order valence-corrected chi connectivity index (χ4v) is 8.04. The summed E-state index contributed by atoms with van der Waals surface area (Å²) in [5.74, 6) is 1.75. The predicted octanol–water partition coefficient (Wildman–Crippen LogP) is 8.80. The van der Waals surface area contributed by atoms with Gasteiger partial charge in [0.25, 0.3) is 0 Å². The summed E-state index contributed by atoms with van der Waals surface area (Å²) in [7, 11) is -0.00842. The van der Waals surface area contributed by atoms with Crippen molar-refractivity contribution in [2.75, 3.05) is 7.11 Å². The zero-order chi connectivity index (χ0) is 21.5. The number of ether oxygens (including phenoxy) is 1. The summed E-state index contributed by atoms with van der Waals surface area (Å²) in [6, 6.07) is 9.43. The molecule has 0 aromatic heterocycles. The Balaban J connectivity index is 2.13. The third-order valence-electron chi connectivity index (χ3n) is 7.42. The molecule has 1 aromatic carbocycles. The average Bonchev–Trinajstić information content (AvgIpc) is 2.72. The SMILES string of the molecule is CC[Si](CC)(CC)OC(CCCC1CCC(C)(C)CC1)c1c(Cl)cccc1OC. The molecule has 1 aliphatic rings. The molecule has 1 fully saturated rings. The van der Waals surface area contributed by atoms with Crippen LogP contribution >= 0.6 is 11.6 Å². The van der Waals surface area contributed by atoms with E-state index in [0.29, 0.717) is 5.41 Å². The fraction of sp³-hybridized carbons (Fsp3) is 0.760. The molecular weight excluding hydrogens is 396 g/mol. The highest BCUT2D eigenvalue weighted by Gasteiger charge is 2.34. The molecule has 1 unspecified atom stereocenters. The topological polar surface area (TPSA) is 18.5 Å². The molecule has 1 aromatic rings. The summed E-state index contributed by atoms with van der Waals surface area (Å²) < 4.78 is 12.7. The molecule has 0 N–H and O–H groups in total. The summed E-state index contributed by atoms with van der Waals surface area (Å²) in [4.78, 5) is 0. The van der Waals surface area contributed by atoms with Crippen molar-refractivity contribution in [1.82, 2.24) is 0 Å². The monoisotopic (exact) mass is 438 g/mol. The quantitative estimate of drug-likeness (QED) is 0.321. The summed E-state index contributed by atoms with van der Waals surface area (Å²) in [6.07, 6.45) is 9.09. The van der Waals surface area contributed by atoms with E-state index in [1.807, 2.05) is 18.2 Å². The Morgan fingerprint density at radius 3 is 2.28 bits per heavy atom. The van der Waals surface area contributed by atoms with Crippen LogP contribution in [0.15, 0.2) is 18.2 Å². The highest BCUT2D eigenvalue weighted by molar-refractivity contribution is 6.73. The maximum absolute atomic E-state index is 6.99. The molecule has 1 atom stereocenters. The number of benzene rings is 1. The lowest BCUT2D eigenvalue weighted by Gasteiger charge is -2.36. The van der Waals surface area contributed by atoms with E-state index in [1.54, 1.807) is 7.11 Å². The lowest BCUT2D eigenvalue weighted by Crippen LogP contribution is -2.37. The summed E-state index contributed by atoms with van der Waals surface area (Å²) >= 11 is 6.68. The predicted molar refractivity (Wildman–Crippen MR) is 129 cm³/mol. The molecule has 1 saturated carbocycles. The number of hydrogen-bond donors (Lipinski definition) is 0. The van der Waals surface area contributed by atoms with Crippen molar-refractivity contribution in [3.8, 4) is 5.75 Å². The Labute approximate surface area is 185 Å². The first-order chi connectivity index (χ1) is 13.8. The summed E-state index contributed by atoms with van der Waals surface area (Å²) in [5, 5.41) is 0.778. The minimum absolute atomic E-state index is 0.0465. The highest BCUT2D eigenvalue weighted by atomic mass is 35.5. The average molecular weight is 439 g/mol. The Morgan fingerprint density at radius 1 is 1.10 bits per heavy atom. The maximum atomic E-state index is 6.99. The standard InChI is InChI=1S/C25H43ClO2Si/c1-7-29(8-2,9-3)28-23(24-21(26)13-11-14-22(24)27-6)15-10-12-20-16-18-25(4,5)19-17-20/h11,13-14,20,23H,7-10,12,15-19H2,1-6H3. The normalized spacial score (nSPS) is 18.6. The maximum Gasteiger partial charge on any atom is 0.192 e. The lowest BCUT2D eigenvalue weighted by atomic mass is 9.72. The molecule has 0 spiro atoms. The van der Waals surface area contributed by atoms with Crippen LogP contribution < -0.4 is 4.74 Å². The molecule has 0 amide bonds. The van der Waals surface area contributed by atoms with Gasteiger partial charge in [0.1, 0.15) is 5.75 Å². The molecule has 0 radical (unpaired) electrons. The Morgan fingerprint density at radius 2 is 1.72 bits per heavy atom. The minimum atomic E-state index is -1.74. The first kappa shape index (κ1) is 24.8. The van der Waals surface area contributed by atoms with Gasteiger partial charge in [-0.15, -0.1) is 0 Å². The van der Waals surface area contributed by atoms with Crippen molar-refractivity contribution < 1.29 is 9.16 Å². The first-order valence-corrected chi connectivity index (χ1v) is 14.7.